The van der Waals surface area contributed by atoms with Crippen molar-refractivity contribution < 1.29 is 14.4 Å². The Hall–Kier alpha value is -3.64. The van der Waals surface area contributed by atoms with Crippen LogP contribution in [-0.2, 0) is 11.2 Å². The van der Waals surface area contributed by atoms with Gasteiger partial charge in [0.25, 0.3) is 11.8 Å². The Balaban J connectivity index is 1.43. The number of halogens is 1. The molecule has 3 aromatic carbocycles. The Morgan fingerprint density at radius 2 is 1.39 bits per heavy atom. The molecule has 0 saturated carbocycles. The third-order valence-electron chi connectivity index (χ3n) is 4.96. The lowest BCUT2D eigenvalue weighted by Gasteiger charge is -2.12. The molecule has 7 heteroatoms. The molecule has 0 spiro atoms. The molecule has 0 unspecified atom stereocenters. The van der Waals surface area contributed by atoms with Crippen LogP contribution in [0.15, 0.2) is 78.9 Å². The van der Waals surface area contributed by atoms with Gasteiger partial charge in [-0.1, -0.05) is 54.1 Å². The van der Waals surface area contributed by atoms with E-state index in [-0.39, 0.29) is 24.1 Å². The minimum absolute atomic E-state index is 0.213. The van der Waals surface area contributed by atoms with Crippen LogP contribution in [0.4, 0.5) is 5.69 Å². The quantitative estimate of drug-likeness (QED) is 0.388. The van der Waals surface area contributed by atoms with E-state index >= 15 is 0 Å². The largest absolute Gasteiger partial charge is 0.352 e. The molecule has 0 bridgehead atoms. The summed E-state index contributed by atoms with van der Waals surface area (Å²) in [5.41, 5.74) is 2.53. The van der Waals surface area contributed by atoms with Gasteiger partial charge in [0.1, 0.15) is 0 Å². The van der Waals surface area contributed by atoms with E-state index in [1.54, 1.807) is 48.5 Å². The van der Waals surface area contributed by atoms with Crippen molar-refractivity contribution in [2.24, 2.45) is 0 Å². The monoisotopic (exact) mass is 463 g/mol. The number of nitrogens with one attached hydrogen (secondary N) is 3. The van der Waals surface area contributed by atoms with Crippen LogP contribution in [0.25, 0.3) is 0 Å². The summed E-state index contributed by atoms with van der Waals surface area (Å²) in [4.78, 5) is 37.1. The molecule has 170 valence electrons. The van der Waals surface area contributed by atoms with Crippen LogP contribution in [0.5, 0.6) is 0 Å². The van der Waals surface area contributed by atoms with Crippen LogP contribution in [0.2, 0.25) is 5.02 Å². The predicted octanol–water partition coefficient (Wildman–Crippen LogP) is 4.46. The molecule has 0 heterocycles. The second-order valence-corrected chi connectivity index (χ2v) is 7.89. The normalized spacial score (nSPS) is 10.3. The molecule has 33 heavy (non-hydrogen) atoms. The highest BCUT2D eigenvalue weighted by Gasteiger charge is 2.13. The summed E-state index contributed by atoms with van der Waals surface area (Å²) in [6, 6.07) is 23.4. The lowest BCUT2D eigenvalue weighted by Crippen LogP contribution is -2.27. The molecule has 0 saturated heterocycles. The average molecular weight is 464 g/mol. The maximum absolute atomic E-state index is 12.6. The molecular formula is C26H26ClN3O3. The van der Waals surface area contributed by atoms with Gasteiger partial charge in [-0.3, -0.25) is 14.4 Å². The Morgan fingerprint density at radius 1 is 0.727 bits per heavy atom. The minimum Gasteiger partial charge on any atom is -0.352 e. The van der Waals surface area contributed by atoms with E-state index in [0.717, 1.165) is 12.0 Å². The Kier molecular flexibility index (Phi) is 9.03. The van der Waals surface area contributed by atoms with Gasteiger partial charge in [0.15, 0.2) is 0 Å². The molecule has 0 aliphatic rings. The number of carbonyl (C=O) groups is 3. The van der Waals surface area contributed by atoms with Crippen molar-refractivity contribution in [3.05, 3.63) is 101 Å². The zero-order valence-electron chi connectivity index (χ0n) is 18.1. The van der Waals surface area contributed by atoms with Crippen LogP contribution in [-0.4, -0.2) is 30.8 Å². The zero-order chi connectivity index (χ0) is 23.5. The lowest BCUT2D eigenvalue weighted by molar-refractivity contribution is -0.116. The highest BCUT2D eigenvalue weighted by atomic mass is 35.5. The molecular weight excluding hydrogens is 438 g/mol. The first kappa shape index (κ1) is 24.0. The van der Waals surface area contributed by atoms with Gasteiger partial charge in [-0.05, 0) is 54.8 Å². The van der Waals surface area contributed by atoms with Crippen molar-refractivity contribution in [2.75, 3.05) is 18.4 Å². The molecule has 0 atom stereocenters. The summed E-state index contributed by atoms with van der Waals surface area (Å²) < 4.78 is 0. The first-order valence-electron chi connectivity index (χ1n) is 10.8. The number of benzene rings is 3. The van der Waals surface area contributed by atoms with Gasteiger partial charge in [0, 0.05) is 30.1 Å². The van der Waals surface area contributed by atoms with Gasteiger partial charge >= 0.3 is 0 Å². The van der Waals surface area contributed by atoms with E-state index in [9.17, 15) is 14.4 Å². The third kappa shape index (κ3) is 7.77. The number of amides is 3. The number of carbonyl (C=O) groups excluding carboxylic acids is 3. The standard InChI is InChI=1S/C26H26ClN3O3/c27-21-14-12-20(13-15-21)25(32)28-17-6-11-24(31)30-23-10-5-4-9-22(23)26(33)29-18-16-19-7-2-1-3-8-19/h1-5,7-10,12-15H,6,11,16-18H2,(H,28,32)(H,29,33)(H,30,31). The summed E-state index contributed by atoms with van der Waals surface area (Å²) in [5, 5.41) is 9.04. The third-order valence-corrected chi connectivity index (χ3v) is 5.21. The van der Waals surface area contributed by atoms with Crippen molar-refractivity contribution in [3.63, 3.8) is 0 Å². The Morgan fingerprint density at radius 3 is 2.15 bits per heavy atom. The van der Waals surface area contributed by atoms with Crippen LogP contribution in [0.3, 0.4) is 0 Å². The molecule has 3 N–H and O–H groups in total. The van der Waals surface area contributed by atoms with Crippen molar-refractivity contribution in [1.29, 1.82) is 0 Å². The van der Waals surface area contributed by atoms with E-state index in [2.05, 4.69) is 16.0 Å². The van der Waals surface area contributed by atoms with E-state index in [1.807, 2.05) is 30.3 Å². The SMILES string of the molecule is O=C(CCCNC(=O)c1ccc(Cl)cc1)Nc1ccccc1C(=O)NCCc1ccccc1. The van der Waals surface area contributed by atoms with Crippen molar-refractivity contribution >= 4 is 35.0 Å². The predicted molar refractivity (Wildman–Crippen MR) is 131 cm³/mol. The first-order valence-corrected chi connectivity index (χ1v) is 11.2. The molecule has 6 nitrogen and oxygen atoms in total. The summed E-state index contributed by atoms with van der Waals surface area (Å²) >= 11 is 5.82. The first-order chi connectivity index (χ1) is 16.0. The second kappa shape index (κ2) is 12.4. The molecule has 0 fully saturated rings. The van der Waals surface area contributed by atoms with E-state index in [1.165, 1.54) is 0 Å². The maximum atomic E-state index is 12.6. The molecule has 0 aliphatic carbocycles. The topological polar surface area (TPSA) is 87.3 Å². The number of anilines is 1. The van der Waals surface area contributed by atoms with Gasteiger partial charge in [0.05, 0.1) is 11.3 Å². The summed E-state index contributed by atoms with van der Waals surface area (Å²) in [6.45, 7) is 0.856. The van der Waals surface area contributed by atoms with E-state index in [4.69, 9.17) is 11.6 Å². The number of hydrogen-bond donors (Lipinski definition) is 3. The van der Waals surface area contributed by atoms with E-state index in [0.29, 0.717) is 41.3 Å². The highest BCUT2D eigenvalue weighted by Crippen LogP contribution is 2.15. The van der Waals surface area contributed by atoms with Crippen LogP contribution in [0, 0.1) is 0 Å². The van der Waals surface area contributed by atoms with Gasteiger partial charge in [-0.2, -0.15) is 0 Å². The molecule has 3 amide bonds. The Labute approximate surface area is 198 Å². The summed E-state index contributed by atoms with van der Waals surface area (Å²) in [7, 11) is 0. The van der Waals surface area contributed by atoms with Gasteiger partial charge < -0.3 is 16.0 Å². The average Bonchev–Trinajstić information content (AvgIpc) is 2.83. The van der Waals surface area contributed by atoms with Crippen molar-refractivity contribution in [3.8, 4) is 0 Å². The van der Waals surface area contributed by atoms with Crippen LogP contribution >= 0.6 is 11.6 Å². The smallest absolute Gasteiger partial charge is 0.253 e. The van der Waals surface area contributed by atoms with Crippen LogP contribution in [0.1, 0.15) is 39.1 Å². The fourth-order valence-corrected chi connectivity index (χ4v) is 3.34. The van der Waals surface area contributed by atoms with Gasteiger partial charge in [0.2, 0.25) is 5.91 Å². The molecule has 0 radical (unpaired) electrons. The Bertz CT molecular complexity index is 1090. The number of hydrogen-bond acceptors (Lipinski definition) is 3. The van der Waals surface area contributed by atoms with Crippen molar-refractivity contribution in [1.82, 2.24) is 10.6 Å². The molecule has 0 aromatic heterocycles. The fourth-order valence-electron chi connectivity index (χ4n) is 3.22. The summed E-state index contributed by atoms with van der Waals surface area (Å²) in [5.74, 6) is -0.679. The number of rotatable bonds is 10. The molecule has 0 aliphatic heterocycles. The number of para-hydroxylation sites is 1. The van der Waals surface area contributed by atoms with E-state index < -0.39 is 0 Å². The lowest BCUT2D eigenvalue weighted by atomic mass is 10.1. The maximum Gasteiger partial charge on any atom is 0.253 e. The summed E-state index contributed by atoms with van der Waals surface area (Å²) in [6.07, 6.45) is 1.41. The minimum atomic E-state index is -0.239. The van der Waals surface area contributed by atoms with Crippen LogP contribution < -0.4 is 16.0 Å². The molecule has 3 rings (SSSR count). The highest BCUT2D eigenvalue weighted by molar-refractivity contribution is 6.30. The zero-order valence-corrected chi connectivity index (χ0v) is 18.9. The van der Waals surface area contributed by atoms with Gasteiger partial charge in [-0.15, -0.1) is 0 Å². The fraction of sp³-hybridized carbons (Fsp3) is 0.192. The molecule has 3 aromatic rings. The van der Waals surface area contributed by atoms with Crippen molar-refractivity contribution in [2.45, 2.75) is 19.3 Å². The van der Waals surface area contributed by atoms with Gasteiger partial charge in [-0.25, -0.2) is 0 Å². The second-order valence-electron chi connectivity index (χ2n) is 7.45.